The van der Waals surface area contributed by atoms with Gasteiger partial charge in [0.25, 0.3) is 5.91 Å². The summed E-state index contributed by atoms with van der Waals surface area (Å²) in [7, 11) is 2.87. The van der Waals surface area contributed by atoms with E-state index in [1.807, 2.05) is 6.92 Å². The number of nitrogens with one attached hydrogen (secondary N) is 1. The molecule has 2 aromatic carbocycles. The van der Waals surface area contributed by atoms with E-state index in [2.05, 4.69) is 5.32 Å². The Balaban J connectivity index is 2.03. The predicted molar refractivity (Wildman–Crippen MR) is 106 cm³/mol. The van der Waals surface area contributed by atoms with E-state index in [0.717, 1.165) is 0 Å². The minimum atomic E-state index is -1.02. The number of esters is 1. The zero-order valence-electron chi connectivity index (χ0n) is 16.1. The lowest BCUT2D eigenvalue weighted by Gasteiger charge is -2.15. The summed E-state index contributed by atoms with van der Waals surface area (Å²) in [6.45, 7) is 3.92. The van der Waals surface area contributed by atoms with Crippen LogP contribution in [0.5, 0.6) is 17.2 Å². The molecule has 1 N–H and O–H groups in total. The lowest BCUT2D eigenvalue weighted by molar-refractivity contribution is -0.123. The van der Waals surface area contributed by atoms with Crippen molar-refractivity contribution in [1.82, 2.24) is 0 Å². The summed E-state index contributed by atoms with van der Waals surface area (Å²) in [5.74, 6) is 0.113. The molecule has 0 radical (unpaired) electrons. The molecule has 0 aliphatic carbocycles. The van der Waals surface area contributed by atoms with Crippen molar-refractivity contribution in [3.05, 3.63) is 47.0 Å². The third-order valence-corrected chi connectivity index (χ3v) is 4.04. The number of benzene rings is 2. The van der Waals surface area contributed by atoms with E-state index < -0.39 is 18.0 Å². The van der Waals surface area contributed by atoms with Gasteiger partial charge in [-0.15, -0.1) is 0 Å². The Labute approximate surface area is 168 Å². The fraction of sp³-hybridized carbons (Fsp3) is 0.300. The normalized spacial score (nSPS) is 11.3. The Hall–Kier alpha value is -2.93. The molecular weight excluding hydrogens is 386 g/mol. The van der Waals surface area contributed by atoms with Gasteiger partial charge in [-0.25, -0.2) is 4.79 Å². The van der Waals surface area contributed by atoms with Gasteiger partial charge in [0.15, 0.2) is 17.6 Å². The summed E-state index contributed by atoms with van der Waals surface area (Å²) in [5.41, 5.74) is 0.703. The number of hydrogen-bond donors (Lipinski definition) is 1. The molecule has 7 nitrogen and oxygen atoms in total. The maximum absolute atomic E-state index is 12.4. The van der Waals surface area contributed by atoms with E-state index in [1.54, 1.807) is 24.3 Å². The third kappa shape index (κ3) is 5.29. The van der Waals surface area contributed by atoms with E-state index in [0.29, 0.717) is 23.8 Å². The first-order valence-electron chi connectivity index (χ1n) is 8.55. The molecule has 1 atom stereocenters. The minimum absolute atomic E-state index is 0.142. The molecule has 0 aromatic heterocycles. The van der Waals surface area contributed by atoms with Gasteiger partial charge in [-0.1, -0.05) is 11.6 Å². The largest absolute Gasteiger partial charge is 0.494 e. The first kappa shape index (κ1) is 21.4. The van der Waals surface area contributed by atoms with Crippen LogP contribution in [0.15, 0.2) is 36.4 Å². The molecule has 150 valence electrons. The van der Waals surface area contributed by atoms with Crippen molar-refractivity contribution in [2.24, 2.45) is 0 Å². The lowest BCUT2D eigenvalue weighted by atomic mass is 10.2. The van der Waals surface area contributed by atoms with Gasteiger partial charge in [0.05, 0.1) is 31.4 Å². The van der Waals surface area contributed by atoms with Crippen LogP contribution in [0.3, 0.4) is 0 Å². The average molecular weight is 408 g/mol. The summed E-state index contributed by atoms with van der Waals surface area (Å²) in [5, 5.41) is 2.87. The molecule has 1 amide bonds. The van der Waals surface area contributed by atoms with Crippen LogP contribution >= 0.6 is 11.6 Å². The van der Waals surface area contributed by atoms with Crippen molar-refractivity contribution in [3.8, 4) is 17.2 Å². The summed E-state index contributed by atoms with van der Waals surface area (Å²) in [6, 6.07) is 9.70. The fourth-order valence-corrected chi connectivity index (χ4v) is 2.65. The molecule has 28 heavy (non-hydrogen) atoms. The van der Waals surface area contributed by atoms with Crippen LogP contribution in [0.25, 0.3) is 0 Å². The van der Waals surface area contributed by atoms with Gasteiger partial charge >= 0.3 is 5.97 Å². The maximum atomic E-state index is 12.4. The first-order chi connectivity index (χ1) is 13.4. The summed E-state index contributed by atoms with van der Waals surface area (Å²) in [6.07, 6.45) is -1.02. The Morgan fingerprint density at radius 1 is 1.11 bits per heavy atom. The monoisotopic (exact) mass is 407 g/mol. The number of hydrogen-bond acceptors (Lipinski definition) is 6. The van der Waals surface area contributed by atoms with Gasteiger partial charge in [0.1, 0.15) is 5.75 Å². The summed E-state index contributed by atoms with van der Waals surface area (Å²) >= 11 is 6.10. The summed E-state index contributed by atoms with van der Waals surface area (Å²) in [4.78, 5) is 24.7. The molecule has 0 spiro atoms. The average Bonchev–Trinajstić information content (AvgIpc) is 2.68. The standard InChI is InChI=1S/C20H22ClNO6/c1-5-27-15-8-6-14(7-9-15)22-19(23)12(2)28-20(24)13-10-16(21)18(26-4)17(11-13)25-3/h6-12H,5H2,1-4H3,(H,22,23)/t12-/m1/s1. The Morgan fingerprint density at radius 3 is 2.36 bits per heavy atom. The highest BCUT2D eigenvalue weighted by Gasteiger charge is 2.21. The smallest absolute Gasteiger partial charge is 0.339 e. The fourth-order valence-electron chi connectivity index (χ4n) is 2.36. The van der Waals surface area contributed by atoms with Gasteiger partial charge < -0.3 is 24.3 Å². The Bertz CT molecular complexity index is 837. The second-order valence-corrected chi connectivity index (χ2v) is 6.09. The highest BCUT2D eigenvalue weighted by Crippen LogP contribution is 2.36. The van der Waals surface area contributed by atoms with E-state index in [1.165, 1.54) is 33.3 Å². The van der Waals surface area contributed by atoms with E-state index >= 15 is 0 Å². The molecule has 2 aromatic rings. The zero-order valence-corrected chi connectivity index (χ0v) is 16.8. The molecule has 8 heteroatoms. The number of halogens is 1. The molecule has 0 bridgehead atoms. The molecule has 0 fully saturated rings. The molecule has 0 unspecified atom stereocenters. The predicted octanol–water partition coefficient (Wildman–Crippen LogP) is 3.94. The second kappa shape index (κ2) is 9.85. The highest BCUT2D eigenvalue weighted by atomic mass is 35.5. The van der Waals surface area contributed by atoms with Crippen molar-refractivity contribution in [3.63, 3.8) is 0 Å². The molecule has 0 saturated carbocycles. The minimum Gasteiger partial charge on any atom is -0.494 e. The van der Waals surface area contributed by atoms with Crippen LogP contribution in [-0.2, 0) is 9.53 Å². The lowest BCUT2D eigenvalue weighted by Crippen LogP contribution is -2.30. The highest BCUT2D eigenvalue weighted by molar-refractivity contribution is 6.32. The number of amides is 1. The summed E-state index contributed by atoms with van der Waals surface area (Å²) < 4.78 is 20.9. The second-order valence-electron chi connectivity index (χ2n) is 5.69. The van der Waals surface area contributed by atoms with Crippen molar-refractivity contribution < 1.29 is 28.5 Å². The van der Waals surface area contributed by atoms with Crippen LogP contribution in [0.4, 0.5) is 5.69 Å². The topological polar surface area (TPSA) is 83.1 Å². The first-order valence-corrected chi connectivity index (χ1v) is 8.93. The van der Waals surface area contributed by atoms with Gasteiger partial charge in [-0.05, 0) is 50.2 Å². The van der Waals surface area contributed by atoms with Crippen molar-refractivity contribution in [2.75, 3.05) is 26.1 Å². The van der Waals surface area contributed by atoms with Crippen LogP contribution in [0.2, 0.25) is 5.02 Å². The van der Waals surface area contributed by atoms with Crippen molar-refractivity contribution in [2.45, 2.75) is 20.0 Å². The number of ether oxygens (including phenoxy) is 4. The van der Waals surface area contributed by atoms with Gasteiger partial charge in [-0.2, -0.15) is 0 Å². The Morgan fingerprint density at radius 2 is 1.79 bits per heavy atom. The number of anilines is 1. The molecule has 0 heterocycles. The molecule has 2 rings (SSSR count). The van der Waals surface area contributed by atoms with Crippen LogP contribution in [0.1, 0.15) is 24.2 Å². The van der Waals surface area contributed by atoms with Gasteiger partial charge in [0, 0.05) is 5.69 Å². The quantitative estimate of drug-likeness (QED) is 0.667. The molecule has 0 saturated heterocycles. The van der Waals surface area contributed by atoms with E-state index in [-0.39, 0.29) is 16.3 Å². The molecular formula is C20H22ClNO6. The number of carbonyl (C=O) groups is 2. The number of methoxy groups -OCH3 is 2. The van der Waals surface area contributed by atoms with E-state index in [4.69, 9.17) is 30.5 Å². The number of carbonyl (C=O) groups excluding carboxylic acids is 2. The Kier molecular flexibility index (Phi) is 7.52. The van der Waals surface area contributed by atoms with Crippen LogP contribution < -0.4 is 19.5 Å². The van der Waals surface area contributed by atoms with Crippen LogP contribution in [0, 0.1) is 0 Å². The van der Waals surface area contributed by atoms with Crippen LogP contribution in [-0.4, -0.2) is 38.8 Å². The van der Waals surface area contributed by atoms with Gasteiger partial charge in [-0.3, -0.25) is 4.79 Å². The van der Waals surface area contributed by atoms with Crippen molar-refractivity contribution >= 4 is 29.2 Å². The molecule has 0 aliphatic rings. The zero-order chi connectivity index (χ0) is 20.7. The number of rotatable bonds is 8. The van der Waals surface area contributed by atoms with E-state index in [9.17, 15) is 9.59 Å². The third-order valence-electron chi connectivity index (χ3n) is 3.76. The van der Waals surface area contributed by atoms with Crippen molar-refractivity contribution in [1.29, 1.82) is 0 Å². The SMILES string of the molecule is CCOc1ccc(NC(=O)[C@@H](C)OC(=O)c2cc(Cl)c(OC)c(OC)c2)cc1. The van der Waals surface area contributed by atoms with Gasteiger partial charge in [0.2, 0.25) is 0 Å². The molecule has 0 aliphatic heterocycles. The maximum Gasteiger partial charge on any atom is 0.339 e.